The molecular weight excluding hydrogens is 472 g/mol. The van der Waals surface area contributed by atoms with Gasteiger partial charge in [-0.2, -0.15) is 5.10 Å². The van der Waals surface area contributed by atoms with Crippen LogP contribution in [0.2, 0.25) is 0 Å². The van der Waals surface area contributed by atoms with Gasteiger partial charge in [0.15, 0.2) is 0 Å². The first-order valence-corrected chi connectivity index (χ1v) is 12.9. The molecule has 2 aromatic carbocycles. The van der Waals surface area contributed by atoms with E-state index in [0.29, 0.717) is 28.4 Å². The van der Waals surface area contributed by atoms with Gasteiger partial charge in [0.1, 0.15) is 16.4 Å². The van der Waals surface area contributed by atoms with Crippen LogP contribution in [0.4, 0.5) is 5.00 Å². The largest absolute Gasteiger partial charge is 0.507 e. The lowest BCUT2D eigenvalue weighted by atomic mass is 9.95. The van der Waals surface area contributed by atoms with Crippen LogP contribution in [0, 0.1) is 13.8 Å². The van der Waals surface area contributed by atoms with E-state index >= 15 is 0 Å². The molecule has 2 aromatic heterocycles. The third kappa shape index (κ3) is 4.64. The van der Waals surface area contributed by atoms with Gasteiger partial charge in [-0.05, 0) is 73.9 Å². The number of H-pyrrole nitrogens is 1. The van der Waals surface area contributed by atoms with Gasteiger partial charge in [-0.15, -0.1) is 11.3 Å². The smallest absolute Gasteiger partial charge is 0.274 e. The molecule has 2 amide bonds. The minimum Gasteiger partial charge on any atom is -0.507 e. The number of carbonyl (C=O) groups is 2. The first-order chi connectivity index (χ1) is 17.4. The highest BCUT2D eigenvalue weighted by atomic mass is 32.1. The number of hydrogen-bond donors (Lipinski definition) is 4. The summed E-state index contributed by atoms with van der Waals surface area (Å²) in [5.74, 6) is -0.413. The zero-order valence-electron chi connectivity index (χ0n) is 20.3. The van der Waals surface area contributed by atoms with E-state index in [9.17, 15) is 14.7 Å². The second-order valence-electron chi connectivity index (χ2n) is 9.11. The van der Waals surface area contributed by atoms with E-state index in [0.717, 1.165) is 52.8 Å². The zero-order valence-corrected chi connectivity index (χ0v) is 21.1. The van der Waals surface area contributed by atoms with E-state index < -0.39 is 0 Å². The number of thiophene rings is 1. The van der Waals surface area contributed by atoms with Crippen LogP contribution < -0.4 is 10.6 Å². The second-order valence-corrected chi connectivity index (χ2v) is 10.2. The van der Waals surface area contributed by atoms with Crippen LogP contribution in [-0.4, -0.2) is 27.1 Å². The highest BCUT2D eigenvalue weighted by Gasteiger charge is 2.27. The van der Waals surface area contributed by atoms with Gasteiger partial charge in [0.05, 0.1) is 11.3 Å². The molecule has 1 aliphatic rings. The number of fused-ring (bicyclic) bond motifs is 1. The van der Waals surface area contributed by atoms with E-state index in [4.69, 9.17) is 0 Å². The number of amides is 2. The number of anilines is 1. The highest BCUT2D eigenvalue weighted by Crippen LogP contribution is 2.38. The Morgan fingerprint density at radius 2 is 1.83 bits per heavy atom. The van der Waals surface area contributed by atoms with Crippen LogP contribution in [0.1, 0.15) is 60.8 Å². The zero-order chi connectivity index (χ0) is 25.2. The lowest BCUT2D eigenvalue weighted by Gasteiger charge is -2.13. The lowest BCUT2D eigenvalue weighted by Crippen LogP contribution is -2.25. The molecule has 0 bridgehead atoms. The van der Waals surface area contributed by atoms with Crippen molar-refractivity contribution in [2.75, 3.05) is 5.32 Å². The third-order valence-corrected chi connectivity index (χ3v) is 7.93. The molecule has 7 nitrogen and oxygen atoms in total. The van der Waals surface area contributed by atoms with Crippen LogP contribution in [0.5, 0.6) is 5.75 Å². The summed E-state index contributed by atoms with van der Waals surface area (Å²) in [7, 11) is 0. The van der Waals surface area contributed by atoms with E-state index in [-0.39, 0.29) is 23.3 Å². The number of benzene rings is 2. The molecule has 0 atom stereocenters. The number of rotatable bonds is 6. The number of aryl methyl sites for hydroxylation is 2. The van der Waals surface area contributed by atoms with Crippen LogP contribution in [0.25, 0.3) is 11.3 Å². The van der Waals surface area contributed by atoms with Crippen molar-refractivity contribution in [1.82, 2.24) is 15.5 Å². The predicted octanol–water partition coefficient (Wildman–Crippen LogP) is 5.52. The molecule has 8 heteroatoms. The minimum absolute atomic E-state index is 0.150. The number of phenols is 1. The van der Waals surface area contributed by atoms with Gasteiger partial charge < -0.3 is 15.7 Å². The normalized spacial score (nSPS) is 12.7. The monoisotopic (exact) mass is 500 g/mol. The molecule has 5 rings (SSSR count). The van der Waals surface area contributed by atoms with Crippen LogP contribution in [0.3, 0.4) is 0 Å². The van der Waals surface area contributed by atoms with Gasteiger partial charge >= 0.3 is 0 Å². The topological polar surface area (TPSA) is 107 Å². The number of aromatic nitrogens is 2. The Hall–Kier alpha value is -3.91. The van der Waals surface area contributed by atoms with Crippen molar-refractivity contribution >= 4 is 28.2 Å². The van der Waals surface area contributed by atoms with Crippen molar-refractivity contribution in [3.05, 3.63) is 86.9 Å². The summed E-state index contributed by atoms with van der Waals surface area (Å²) in [6.45, 7) is 4.19. The second kappa shape index (κ2) is 9.99. The van der Waals surface area contributed by atoms with Gasteiger partial charge in [-0.1, -0.05) is 36.4 Å². The molecule has 0 spiro atoms. The lowest BCUT2D eigenvalue weighted by molar-refractivity contribution is 0.0951. The number of phenolic OH excluding ortho intramolecular Hbond substituents is 1. The summed E-state index contributed by atoms with van der Waals surface area (Å²) in [5.41, 5.74) is 5.65. The van der Waals surface area contributed by atoms with Gasteiger partial charge in [-0.25, -0.2) is 0 Å². The number of hydrogen-bond acceptors (Lipinski definition) is 5. The van der Waals surface area contributed by atoms with Gasteiger partial charge in [0.2, 0.25) is 0 Å². The molecule has 4 N–H and O–H groups in total. The number of aromatic amines is 1. The predicted molar refractivity (Wildman–Crippen MR) is 142 cm³/mol. The fourth-order valence-electron chi connectivity index (χ4n) is 4.51. The maximum Gasteiger partial charge on any atom is 0.274 e. The highest BCUT2D eigenvalue weighted by molar-refractivity contribution is 7.17. The van der Waals surface area contributed by atoms with E-state index in [1.807, 2.05) is 50.2 Å². The maximum absolute atomic E-state index is 13.3. The summed E-state index contributed by atoms with van der Waals surface area (Å²) in [6.07, 6.45) is 3.85. The Bertz CT molecular complexity index is 1440. The first kappa shape index (κ1) is 23.8. The van der Waals surface area contributed by atoms with Crippen LogP contribution in [0.15, 0.2) is 48.5 Å². The number of nitrogens with zero attached hydrogens (tertiary/aromatic N) is 1. The Morgan fingerprint density at radius 1 is 1.06 bits per heavy atom. The molecule has 4 aromatic rings. The molecule has 2 heterocycles. The SMILES string of the molecule is Cc1ccc(-c2cc(C(=O)Nc3sc4c(c3C(=O)NCc3ccccc3)CCCC4)[nH]n2)c(O)c1C. The van der Waals surface area contributed by atoms with Crippen molar-refractivity contribution in [2.24, 2.45) is 0 Å². The fraction of sp³-hybridized carbons (Fsp3) is 0.250. The molecule has 0 aliphatic heterocycles. The Kier molecular flexibility index (Phi) is 6.61. The molecule has 0 unspecified atom stereocenters. The summed E-state index contributed by atoms with van der Waals surface area (Å²) in [6, 6.07) is 15.1. The molecular formula is C28H28N4O3S. The third-order valence-electron chi connectivity index (χ3n) is 6.72. The quantitative estimate of drug-likeness (QED) is 0.280. The fourth-order valence-corrected chi connectivity index (χ4v) is 5.80. The van der Waals surface area contributed by atoms with Crippen molar-refractivity contribution in [1.29, 1.82) is 0 Å². The van der Waals surface area contributed by atoms with Gasteiger partial charge in [-0.3, -0.25) is 14.7 Å². The van der Waals surface area contributed by atoms with Crippen molar-refractivity contribution < 1.29 is 14.7 Å². The number of carbonyl (C=O) groups excluding carboxylic acids is 2. The average Bonchev–Trinajstić information content (AvgIpc) is 3.52. The van der Waals surface area contributed by atoms with Gasteiger partial charge in [0, 0.05) is 17.0 Å². The minimum atomic E-state index is -0.382. The average molecular weight is 501 g/mol. The Morgan fingerprint density at radius 3 is 2.64 bits per heavy atom. The first-order valence-electron chi connectivity index (χ1n) is 12.1. The van der Waals surface area contributed by atoms with Crippen LogP contribution in [-0.2, 0) is 19.4 Å². The maximum atomic E-state index is 13.3. The molecule has 1 aliphatic carbocycles. The van der Waals surface area contributed by atoms with E-state index in [2.05, 4.69) is 20.8 Å². The summed E-state index contributed by atoms with van der Waals surface area (Å²) >= 11 is 1.48. The van der Waals surface area contributed by atoms with Crippen molar-refractivity contribution in [3.63, 3.8) is 0 Å². The van der Waals surface area contributed by atoms with E-state index in [1.165, 1.54) is 11.3 Å². The van der Waals surface area contributed by atoms with Gasteiger partial charge in [0.25, 0.3) is 11.8 Å². The molecule has 0 saturated heterocycles. The number of aromatic hydroxyl groups is 1. The Labute approximate surface area is 213 Å². The van der Waals surface area contributed by atoms with Crippen molar-refractivity contribution in [2.45, 2.75) is 46.1 Å². The summed E-state index contributed by atoms with van der Waals surface area (Å²) in [5, 5.41) is 24.1. The Balaban J connectivity index is 1.39. The number of nitrogens with one attached hydrogen (secondary N) is 3. The molecule has 0 saturated carbocycles. The van der Waals surface area contributed by atoms with Crippen molar-refractivity contribution in [3.8, 4) is 17.0 Å². The molecule has 0 radical (unpaired) electrons. The summed E-state index contributed by atoms with van der Waals surface area (Å²) < 4.78 is 0. The molecule has 0 fully saturated rings. The molecule has 36 heavy (non-hydrogen) atoms. The van der Waals surface area contributed by atoms with Crippen LogP contribution >= 0.6 is 11.3 Å². The van der Waals surface area contributed by atoms with E-state index in [1.54, 1.807) is 12.1 Å². The standard InChI is InChI=1S/C28H28N4O3S/c1-16-12-13-19(25(33)17(16)2)21-14-22(32-31-21)26(34)30-28-24(20-10-6-7-11-23(20)36-28)27(35)29-15-18-8-4-3-5-9-18/h3-5,8-9,12-14,33H,6-7,10-11,15H2,1-2H3,(H,29,35)(H,30,34)(H,31,32). The summed E-state index contributed by atoms with van der Waals surface area (Å²) in [4.78, 5) is 27.6. The molecule has 184 valence electrons.